The second-order valence-corrected chi connectivity index (χ2v) is 7.88. The Kier molecular flexibility index (Phi) is 12.8. The Hall–Kier alpha value is -2.24. The molecule has 30 heavy (non-hydrogen) atoms. The number of hydrogen-bond acceptors (Lipinski definition) is 7. The molecule has 0 heterocycles. The maximum absolute atomic E-state index is 12.4. The summed E-state index contributed by atoms with van der Waals surface area (Å²) in [7, 11) is 0. The number of nitrogens with one attached hydrogen (secondary N) is 3. The highest BCUT2D eigenvalue weighted by Crippen LogP contribution is 2.06. The molecule has 3 amide bonds. The third-order valence-electron chi connectivity index (χ3n) is 4.44. The number of amides is 3. The van der Waals surface area contributed by atoms with E-state index in [0.717, 1.165) is 6.42 Å². The molecular formula is C19H37N5O6. The quantitative estimate of drug-likeness (QED) is 0.160. The number of unbranched alkanes of at least 4 members (excludes halogenated alkanes) is 1. The molecule has 0 bridgehead atoms. The van der Waals surface area contributed by atoms with E-state index >= 15 is 0 Å². The first-order valence-corrected chi connectivity index (χ1v) is 10.2. The molecule has 9 N–H and O–H groups in total. The number of hydrogen-bond donors (Lipinski definition) is 7. The molecular weight excluding hydrogens is 394 g/mol. The minimum atomic E-state index is -1.39. The van der Waals surface area contributed by atoms with E-state index in [9.17, 15) is 29.4 Å². The lowest BCUT2D eigenvalue weighted by Crippen LogP contribution is -2.59. The van der Waals surface area contributed by atoms with Gasteiger partial charge in [-0.25, -0.2) is 4.79 Å². The van der Waals surface area contributed by atoms with Gasteiger partial charge in [0.1, 0.15) is 18.1 Å². The summed E-state index contributed by atoms with van der Waals surface area (Å²) in [5.41, 5.74) is 11.2. The van der Waals surface area contributed by atoms with Crippen molar-refractivity contribution >= 4 is 23.7 Å². The van der Waals surface area contributed by atoms with E-state index in [2.05, 4.69) is 16.0 Å². The van der Waals surface area contributed by atoms with Gasteiger partial charge in [0.15, 0.2) is 0 Å². The van der Waals surface area contributed by atoms with Gasteiger partial charge in [0.05, 0.1) is 12.1 Å². The monoisotopic (exact) mass is 431 g/mol. The van der Waals surface area contributed by atoms with Crippen LogP contribution in [0.25, 0.3) is 0 Å². The number of carboxylic acid groups (broad SMARTS) is 1. The molecule has 0 aliphatic carbocycles. The fraction of sp³-hybridized carbons (Fsp3) is 0.789. The van der Waals surface area contributed by atoms with Gasteiger partial charge in [0, 0.05) is 0 Å². The van der Waals surface area contributed by atoms with Crippen LogP contribution in [0.2, 0.25) is 0 Å². The number of carboxylic acids is 1. The highest BCUT2D eigenvalue weighted by molar-refractivity contribution is 5.94. The van der Waals surface area contributed by atoms with Gasteiger partial charge < -0.3 is 37.6 Å². The summed E-state index contributed by atoms with van der Waals surface area (Å²) in [4.78, 5) is 48.3. The van der Waals surface area contributed by atoms with E-state index < -0.39 is 54.0 Å². The van der Waals surface area contributed by atoms with Gasteiger partial charge in [0.2, 0.25) is 17.7 Å². The third kappa shape index (κ3) is 10.5. The van der Waals surface area contributed by atoms with Gasteiger partial charge in [-0.15, -0.1) is 0 Å². The van der Waals surface area contributed by atoms with E-state index in [4.69, 9.17) is 11.5 Å². The lowest BCUT2D eigenvalue weighted by Gasteiger charge is -2.25. The van der Waals surface area contributed by atoms with Crippen LogP contribution < -0.4 is 27.4 Å². The first kappa shape index (κ1) is 27.8. The average molecular weight is 432 g/mol. The van der Waals surface area contributed by atoms with Crippen molar-refractivity contribution in [2.45, 2.75) is 83.6 Å². The summed E-state index contributed by atoms with van der Waals surface area (Å²) in [6, 6.07) is -4.35. The summed E-state index contributed by atoms with van der Waals surface area (Å²) < 4.78 is 0. The largest absolute Gasteiger partial charge is 0.480 e. The Bertz CT molecular complexity index is 584. The first-order valence-electron chi connectivity index (χ1n) is 10.2. The Labute approximate surface area is 177 Å². The van der Waals surface area contributed by atoms with Gasteiger partial charge in [-0.2, -0.15) is 0 Å². The van der Waals surface area contributed by atoms with Crippen molar-refractivity contribution in [2.75, 3.05) is 6.54 Å². The van der Waals surface area contributed by atoms with Crippen LogP contribution in [0.1, 0.15) is 53.4 Å². The van der Waals surface area contributed by atoms with Gasteiger partial charge in [-0.05, 0) is 45.6 Å². The predicted octanol–water partition coefficient (Wildman–Crippen LogP) is -1.57. The number of aliphatic hydroxyl groups is 1. The van der Waals surface area contributed by atoms with Crippen molar-refractivity contribution in [1.29, 1.82) is 0 Å². The van der Waals surface area contributed by atoms with Crippen molar-refractivity contribution in [3.63, 3.8) is 0 Å². The Morgan fingerprint density at radius 2 is 1.50 bits per heavy atom. The Morgan fingerprint density at radius 1 is 0.900 bits per heavy atom. The number of carbonyl (C=O) groups is 4. The van der Waals surface area contributed by atoms with Crippen LogP contribution in [-0.2, 0) is 19.2 Å². The van der Waals surface area contributed by atoms with Crippen LogP contribution >= 0.6 is 0 Å². The van der Waals surface area contributed by atoms with E-state index in [0.29, 0.717) is 19.4 Å². The molecule has 0 aliphatic heterocycles. The van der Waals surface area contributed by atoms with E-state index in [1.807, 2.05) is 0 Å². The molecule has 0 spiro atoms. The second kappa shape index (κ2) is 13.9. The molecule has 0 aromatic carbocycles. The summed E-state index contributed by atoms with van der Waals surface area (Å²) >= 11 is 0. The fourth-order valence-electron chi connectivity index (χ4n) is 2.66. The highest BCUT2D eigenvalue weighted by Gasteiger charge is 2.31. The zero-order valence-electron chi connectivity index (χ0n) is 18.2. The molecule has 0 rings (SSSR count). The zero-order valence-corrected chi connectivity index (χ0v) is 18.2. The summed E-state index contributed by atoms with van der Waals surface area (Å²) in [5, 5.41) is 26.3. The number of nitrogens with two attached hydrogens (primary N) is 2. The molecule has 0 aromatic rings. The minimum Gasteiger partial charge on any atom is -0.480 e. The molecule has 11 heteroatoms. The minimum absolute atomic E-state index is 0.00952. The fourth-order valence-corrected chi connectivity index (χ4v) is 2.66. The van der Waals surface area contributed by atoms with Crippen LogP contribution in [0.5, 0.6) is 0 Å². The van der Waals surface area contributed by atoms with Gasteiger partial charge in [-0.3, -0.25) is 14.4 Å². The third-order valence-corrected chi connectivity index (χ3v) is 4.44. The number of aliphatic carboxylic acids is 1. The molecule has 5 atom stereocenters. The van der Waals surface area contributed by atoms with Crippen LogP contribution in [0.4, 0.5) is 0 Å². The molecule has 11 nitrogen and oxygen atoms in total. The van der Waals surface area contributed by atoms with Gasteiger partial charge >= 0.3 is 5.97 Å². The summed E-state index contributed by atoms with van der Waals surface area (Å²) in [5.74, 6) is -3.26. The topological polar surface area (TPSA) is 197 Å². The maximum atomic E-state index is 12.4. The van der Waals surface area contributed by atoms with Crippen LogP contribution in [0.15, 0.2) is 0 Å². The molecule has 0 saturated carbocycles. The molecule has 0 aromatic heterocycles. The SMILES string of the molecule is CC(C)CC(NC(=O)C(NC(=O)C(C)NC(=O)C(N)CCCCN)C(C)O)C(=O)O. The van der Waals surface area contributed by atoms with Crippen LogP contribution in [0.3, 0.4) is 0 Å². The van der Waals surface area contributed by atoms with Crippen molar-refractivity contribution in [2.24, 2.45) is 17.4 Å². The van der Waals surface area contributed by atoms with Crippen molar-refractivity contribution < 1.29 is 29.4 Å². The molecule has 0 saturated heterocycles. The second-order valence-electron chi connectivity index (χ2n) is 7.88. The standard InChI is InChI=1S/C19H37N5O6/c1-10(2)9-14(19(29)30)23-18(28)15(12(4)25)24-16(26)11(3)22-17(27)13(21)7-5-6-8-20/h10-15,25H,5-9,20-21H2,1-4H3,(H,22,27)(H,23,28)(H,24,26)(H,29,30). The van der Waals surface area contributed by atoms with Crippen LogP contribution in [-0.4, -0.2) is 70.7 Å². The van der Waals surface area contributed by atoms with E-state index in [1.54, 1.807) is 13.8 Å². The summed E-state index contributed by atoms with van der Waals surface area (Å²) in [6.45, 7) is 6.81. The van der Waals surface area contributed by atoms with E-state index in [-0.39, 0.29) is 12.3 Å². The van der Waals surface area contributed by atoms with Gasteiger partial charge in [0.25, 0.3) is 0 Å². The number of rotatable bonds is 14. The van der Waals surface area contributed by atoms with Crippen LogP contribution in [0, 0.1) is 5.92 Å². The zero-order chi connectivity index (χ0) is 23.4. The Balaban J connectivity index is 4.91. The lowest BCUT2D eigenvalue weighted by molar-refractivity contribution is -0.143. The van der Waals surface area contributed by atoms with Crippen molar-refractivity contribution in [3.05, 3.63) is 0 Å². The lowest BCUT2D eigenvalue weighted by atomic mass is 10.0. The Morgan fingerprint density at radius 3 is 1.97 bits per heavy atom. The molecule has 174 valence electrons. The first-order chi connectivity index (χ1) is 13.9. The van der Waals surface area contributed by atoms with Crippen molar-refractivity contribution in [1.82, 2.24) is 16.0 Å². The summed E-state index contributed by atoms with van der Waals surface area (Å²) in [6.07, 6.45) is 0.732. The average Bonchev–Trinajstić information content (AvgIpc) is 2.64. The molecule has 0 radical (unpaired) electrons. The highest BCUT2D eigenvalue weighted by atomic mass is 16.4. The number of aliphatic hydroxyl groups excluding tert-OH is 1. The molecule has 0 fully saturated rings. The van der Waals surface area contributed by atoms with Gasteiger partial charge in [-0.1, -0.05) is 20.3 Å². The molecule has 5 unspecified atom stereocenters. The van der Waals surface area contributed by atoms with E-state index in [1.165, 1.54) is 13.8 Å². The number of carbonyl (C=O) groups excluding carboxylic acids is 3. The predicted molar refractivity (Wildman–Crippen MR) is 111 cm³/mol. The normalized spacial score (nSPS) is 16.1. The van der Waals surface area contributed by atoms with Crippen molar-refractivity contribution in [3.8, 4) is 0 Å². The maximum Gasteiger partial charge on any atom is 0.326 e. The smallest absolute Gasteiger partial charge is 0.326 e. The molecule has 0 aliphatic rings.